The number of carbonyl (C=O) groups is 4. The van der Waals surface area contributed by atoms with Crippen LogP contribution in [0.25, 0.3) is 32.2 Å². The molecule has 3 aromatic heterocycles. The predicted molar refractivity (Wildman–Crippen MR) is 229 cm³/mol. The molecule has 4 amide bonds. The maximum absolute atomic E-state index is 14.0. The Morgan fingerprint density at radius 1 is 0.931 bits per heavy atom. The number of β-amino-alcohol motifs (C(OH)–C–C–N with tert-alkyl or cyclic N) is 1. The van der Waals surface area contributed by atoms with Gasteiger partial charge < -0.3 is 30.9 Å². The standard InChI is InChI=1S/C45H57N7O5S/c1-28(31-14-16-32(17-15-31)41-29(2)48-27-58-41)49-43(56)38-24-33(53)26-52(38)44(57)42(45(3,4)5)51-40(55)11-9-7-6-8-10-21-47-39(54)19-13-30-12-18-34-35-25-46-22-20-36(35)50-37(34)23-30/h12,14-18,20,22-23,25,27-28,33,38,42,50,53H,6-11,13,19,21,24,26H2,1-5H3,(H,47,54)(H,49,56)(H,51,55). The third-order valence-electron chi connectivity index (χ3n) is 11.1. The van der Waals surface area contributed by atoms with Gasteiger partial charge in [0.25, 0.3) is 0 Å². The average Bonchev–Trinajstić information content (AvgIpc) is 3.92. The fourth-order valence-electron chi connectivity index (χ4n) is 7.71. The van der Waals surface area contributed by atoms with Gasteiger partial charge in [-0.25, -0.2) is 4.98 Å². The second-order valence-electron chi connectivity index (χ2n) is 16.7. The molecule has 13 heteroatoms. The number of H-pyrrole nitrogens is 1. The summed E-state index contributed by atoms with van der Waals surface area (Å²) in [6.07, 6.45) is 8.56. The topological polar surface area (TPSA) is 169 Å². The molecule has 2 aromatic carbocycles. The summed E-state index contributed by atoms with van der Waals surface area (Å²) in [5, 5.41) is 21.9. The fourth-order valence-corrected chi connectivity index (χ4v) is 8.52. The Labute approximate surface area is 344 Å². The van der Waals surface area contributed by atoms with Gasteiger partial charge >= 0.3 is 0 Å². The van der Waals surface area contributed by atoms with Crippen molar-refractivity contribution in [2.24, 2.45) is 5.41 Å². The fraction of sp³-hybridized carbons (Fsp3) is 0.467. The summed E-state index contributed by atoms with van der Waals surface area (Å²) in [5.41, 5.74) is 7.36. The molecule has 0 saturated carbocycles. The molecule has 58 heavy (non-hydrogen) atoms. The highest BCUT2D eigenvalue weighted by atomic mass is 32.1. The number of unbranched alkanes of at least 4 members (excludes halogenated alkanes) is 4. The maximum Gasteiger partial charge on any atom is 0.246 e. The lowest BCUT2D eigenvalue weighted by Gasteiger charge is -2.35. The van der Waals surface area contributed by atoms with Crippen LogP contribution in [0.15, 0.2) is 66.4 Å². The number of fused-ring (bicyclic) bond motifs is 3. The normalized spacial score (nSPS) is 16.7. The first-order valence-corrected chi connectivity index (χ1v) is 21.4. The minimum Gasteiger partial charge on any atom is -0.391 e. The van der Waals surface area contributed by atoms with E-state index in [1.807, 2.05) is 76.7 Å². The number of aliphatic hydroxyl groups excluding tert-OH is 1. The summed E-state index contributed by atoms with van der Waals surface area (Å²) in [5.74, 6) is -0.886. The minimum atomic E-state index is -0.863. The van der Waals surface area contributed by atoms with Crippen molar-refractivity contribution in [1.29, 1.82) is 0 Å². The Morgan fingerprint density at radius 2 is 1.69 bits per heavy atom. The summed E-state index contributed by atoms with van der Waals surface area (Å²) in [4.78, 5) is 67.8. The van der Waals surface area contributed by atoms with Crippen LogP contribution in [0.1, 0.15) is 102 Å². The van der Waals surface area contributed by atoms with Crippen molar-refractivity contribution in [2.75, 3.05) is 13.1 Å². The smallest absolute Gasteiger partial charge is 0.246 e. The molecule has 1 saturated heterocycles. The van der Waals surface area contributed by atoms with Crippen molar-refractivity contribution in [1.82, 2.24) is 35.8 Å². The second-order valence-corrected chi connectivity index (χ2v) is 17.5. The Balaban J connectivity index is 0.890. The molecule has 6 rings (SSSR count). The van der Waals surface area contributed by atoms with Gasteiger partial charge in [-0.3, -0.25) is 24.2 Å². The SMILES string of the molecule is Cc1ncsc1-c1ccc(C(C)NC(=O)C2CC(O)CN2C(=O)C(NC(=O)CCCCCCCNC(=O)CCc2ccc3c(c2)[nH]c2ccncc23)C(C)(C)C)cc1. The van der Waals surface area contributed by atoms with E-state index in [4.69, 9.17) is 0 Å². The van der Waals surface area contributed by atoms with Gasteiger partial charge in [0.2, 0.25) is 23.6 Å². The summed E-state index contributed by atoms with van der Waals surface area (Å²) < 4.78 is 0. The molecule has 12 nitrogen and oxygen atoms in total. The third-order valence-corrected chi connectivity index (χ3v) is 12.0. The van der Waals surface area contributed by atoms with Crippen LogP contribution < -0.4 is 16.0 Å². The quantitative estimate of drug-likeness (QED) is 0.0637. The molecule has 0 aliphatic carbocycles. The van der Waals surface area contributed by atoms with Crippen LogP contribution in [0.3, 0.4) is 0 Å². The third kappa shape index (κ3) is 10.7. The summed E-state index contributed by atoms with van der Waals surface area (Å²) in [7, 11) is 0. The van der Waals surface area contributed by atoms with E-state index < -0.39 is 23.6 Å². The number of nitrogens with zero attached hydrogens (tertiary/aromatic N) is 3. The van der Waals surface area contributed by atoms with Crippen LogP contribution in [0.4, 0.5) is 0 Å². The van der Waals surface area contributed by atoms with E-state index in [-0.39, 0.29) is 49.1 Å². The van der Waals surface area contributed by atoms with E-state index in [0.29, 0.717) is 25.8 Å². The molecule has 0 radical (unpaired) electrons. The van der Waals surface area contributed by atoms with Crippen molar-refractivity contribution >= 4 is 56.8 Å². The lowest BCUT2D eigenvalue weighted by atomic mass is 9.85. The number of rotatable bonds is 17. The van der Waals surface area contributed by atoms with Crippen LogP contribution >= 0.6 is 11.3 Å². The average molecular weight is 808 g/mol. The first-order valence-electron chi connectivity index (χ1n) is 20.5. The van der Waals surface area contributed by atoms with Crippen LogP contribution in [0.5, 0.6) is 0 Å². The first-order chi connectivity index (χ1) is 27.8. The lowest BCUT2D eigenvalue weighted by molar-refractivity contribution is -0.144. The van der Waals surface area contributed by atoms with Gasteiger partial charge in [0.05, 0.1) is 28.2 Å². The van der Waals surface area contributed by atoms with Crippen molar-refractivity contribution in [3.63, 3.8) is 0 Å². The van der Waals surface area contributed by atoms with Gasteiger partial charge in [-0.2, -0.15) is 0 Å². The Kier molecular flexibility index (Phi) is 14.0. The molecule has 1 aliphatic heterocycles. The van der Waals surface area contributed by atoms with Crippen LogP contribution in [0.2, 0.25) is 0 Å². The summed E-state index contributed by atoms with van der Waals surface area (Å²) in [6, 6.07) is 14.2. The Bertz CT molecular complexity index is 2210. The van der Waals surface area contributed by atoms with Gasteiger partial charge in [-0.1, -0.05) is 76.4 Å². The number of likely N-dealkylation sites (tertiary alicyclic amines) is 1. The number of hydrogen-bond acceptors (Lipinski definition) is 8. The minimum absolute atomic E-state index is 0.0251. The molecule has 4 unspecified atom stereocenters. The zero-order chi connectivity index (χ0) is 41.4. The van der Waals surface area contributed by atoms with Gasteiger partial charge in [0.1, 0.15) is 12.1 Å². The lowest BCUT2D eigenvalue weighted by Crippen LogP contribution is -2.57. The highest BCUT2D eigenvalue weighted by Gasteiger charge is 2.44. The maximum atomic E-state index is 14.0. The van der Waals surface area contributed by atoms with Crippen molar-refractivity contribution in [3.05, 3.63) is 83.3 Å². The molecule has 5 N–H and O–H groups in total. The van der Waals surface area contributed by atoms with E-state index in [0.717, 1.165) is 74.8 Å². The number of thiazole rings is 1. The summed E-state index contributed by atoms with van der Waals surface area (Å²) >= 11 is 1.58. The number of aromatic amines is 1. The Hall–Kier alpha value is -5.14. The van der Waals surface area contributed by atoms with E-state index in [1.165, 1.54) is 4.90 Å². The Morgan fingerprint density at radius 3 is 2.43 bits per heavy atom. The van der Waals surface area contributed by atoms with Crippen molar-refractivity contribution in [2.45, 2.75) is 117 Å². The second kappa shape index (κ2) is 19.1. The highest BCUT2D eigenvalue weighted by molar-refractivity contribution is 7.13. The zero-order valence-corrected chi connectivity index (χ0v) is 35.1. The molecular weight excluding hydrogens is 751 g/mol. The van der Waals surface area contributed by atoms with E-state index in [1.54, 1.807) is 17.5 Å². The number of pyridine rings is 1. The van der Waals surface area contributed by atoms with Crippen molar-refractivity contribution < 1.29 is 24.3 Å². The number of amides is 4. The first kappa shape index (κ1) is 42.5. The summed E-state index contributed by atoms with van der Waals surface area (Å²) in [6.45, 7) is 10.2. The van der Waals surface area contributed by atoms with Gasteiger partial charge in [0, 0.05) is 66.6 Å². The van der Waals surface area contributed by atoms with Crippen LogP contribution in [-0.4, -0.2) is 79.9 Å². The van der Waals surface area contributed by atoms with Crippen molar-refractivity contribution in [3.8, 4) is 10.4 Å². The van der Waals surface area contributed by atoms with E-state index in [9.17, 15) is 24.3 Å². The molecular formula is C45H57N7O5S. The molecule has 308 valence electrons. The van der Waals surface area contributed by atoms with Crippen LogP contribution in [-0.2, 0) is 25.6 Å². The number of carbonyl (C=O) groups excluding carboxylic acids is 4. The van der Waals surface area contributed by atoms with E-state index >= 15 is 0 Å². The number of benzene rings is 2. The molecule has 1 aliphatic rings. The molecule has 4 atom stereocenters. The van der Waals surface area contributed by atoms with E-state index in [2.05, 4.69) is 49.1 Å². The number of hydrogen-bond donors (Lipinski definition) is 5. The molecule has 5 aromatic rings. The van der Waals surface area contributed by atoms with Crippen LogP contribution in [0, 0.1) is 12.3 Å². The highest BCUT2D eigenvalue weighted by Crippen LogP contribution is 2.30. The molecule has 4 heterocycles. The predicted octanol–water partition coefficient (Wildman–Crippen LogP) is 6.91. The number of nitrogens with one attached hydrogen (secondary N) is 4. The van der Waals surface area contributed by atoms with Gasteiger partial charge in [-0.05, 0) is 67.3 Å². The largest absolute Gasteiger partial charge is 0.391 e. The molecule has 0 spiro atoms. The monoisotopic (exact) mass is 807 g/mol. The molecule has 0 bridgehead atoms. The molecule has 1 fully saturated rings. The zero-order valence-electron chi connectivity index (χ0n) is 34.3. The van der Waals surface area contributed by atoms with Gasteiger partial charge in [0.15, 0.2) is 0 Å². The van der Waals surface area contributed by atoms with Gasteiger partial charge in [-0.15, -0.1) is 11.3 Å². The number of aryl methyl sites for hydroxylation is 2. The number of aliphatic hydroxyl groups is 1. The number of aromatic nitrogens is 3.